The minimum absolute atomic E-state index is 0.134. The second-order valence-corrected chi connectivity index (χ2v) is 5.09. The van der Waals surface area contributed by atoms with Crippen molar-refractivity contribution in [2.24, 2.45) is 15.3 Å². The lowest BCUT2D eigenvalue weighted by Crippen LogP contribution is -2.26. The molecule has 1 aromatic carbocycles. The summed E-state index contributed by atoms with van der Waals surface area (Å²) in [5.74, 6) is 2.48. The number of anilines is 1. The van der Waals surface area contributed by atoms with Crippen molar-refractivity contribution in [2.45, 2.75) is 39.7 Å². The van der Waals surface area contributed by atoms with E-state index in [0.717, 1.165) is 12.8 Å². The van der Waals surface area contributed by atoms with E-state index < -0.39 is 0 Å². The van der Waals surface area contributed by atoms with Gasteiger partial charge in [-0.05, 0) is 25.5 Å². The summed E-state index contributed by atoms with van der Waals surface area (Å²) in [5.41, 5.74) is 1.90. The van der Waals surface area contributed by atoms with Gasteiger partial charge in [0.15, 0.2) is 6.40 Å². The number of terminal acetylenes is 1. The van der Waals surface area contributed by atoms with Crippen molar-refractivity contribution in [1.82, 2.24) is 0 Å². The third-order valence-electron chi connectivity index (χ3n) is 3.29. The van der Waals surface area contributed by atoms with Crippen molar-refractivity contribution < 1.29 is 9.53 Å². The number of hydrogen-bond acceptors (Lipinski definition) is 5. The first kappa shape index (κ1) is 20.1. The number of unbranched alkanes of at least 4 members (excludes halogenated alkanes) is 1. The summed E-state index contributed by atoms with van der Waals surface area (Å²) in [4.78, 5) is 16.4. The molecule has 0 N–H and O–H groups in total. The second kappa shape index (κ2) is 11.6. The Kier molecular flexibility index (Phi) is 9.31. The van der Waals surface area contributed by atoms with Crippen LogP contribution in [0.3, 0.4) is 0 Å². The van der Waals surface area contributed by atoms with Crippen LogP contribution in [0.4, 0.5) is 5.69 Å². The Hall–Kier alpha value is -2.94. The molecule has 0 fully saturated rings. The van der Waals surface area contributed by atoms with Crippen LogP contribution in [-0.2, 0) is 16.1 Å². The van der Waals surface area contributed by atoms with Crippen LogP contribution in [0.1, 0.15) is 44.2 Å². The highest BCUT2D eigenvalue weighted by molar-refractivity contribution is 5.93. The summed E-state index contributed by atoms with van der Waals surface area (Å²) >= 11 is 0. The van der Waals surface area contributed by atoms with Crippen LogP contribution in [0.2, 0.25) is 0 Å². The van der Waals surface area contributed by atoms with E-state index in [2.05, 4.69) is 21.3 Å². The molecule has 0 aliphatic rings. The van der Waals surface area contributed by atoms with Gasteiger partial charge < -0.3 is 4.74 Å². The zero-order valence-corrected chi connectivity index (χ0v) is 15.0. The minimum Gasteiger partial charge on any atom is -0.478 e. The molecule has 0 radical (unpaired) electrons. The number of allylic oxidation sites excluding steroid dienone is 1. The fourth-order valence-corrected chi connectivity index (χ4v) is 2.10. The molecule has 1 amide bonds. The van der Waals surface area contributed by atoms with Crippen molar-refractivity contribution in [3.05, 3.63) is 41.6 Å². The van der Waals surface area contributed by atoms with Crippen LogP contribution in [0.15, 0.2) is 45.8 Å². The van der Waals surface area contributed by atoms with Gasteiger partial charge in [0, 0.05) is 23.7 Å². The SMILES string of the molecule is C#Cc1cccc(N(/N=N\C)C(=O)CCCC)c1CO/C=N/C=C\C. The Bertz CT molecular complexity index is 687. The quantitative estimate of drug-likeness (QED) is 0.221. The molecule has 0 heterocycles. The molecular weight excluding hydrogens is 316 g/mol. The number of aliphatic imine (C=N–C) groups is 1. The van der Waals surface area contributed by atoms with Gasteiger partial charge in [0.25, 0.3) is 0 Å². The highest BCUT2D eigenvalue weighted by atomic mass is 16.5. The first-order valence-corrected chi connectivity index (χ1v) is 8.15. The average Bonchev–Trinajstić information content (AvgIpc) is 2.64. The Morgan fingerprint density at radius 2 is 2.24 bits per heavy atom. The summed E-state index contributed by atoms with van der Waals surface area (Å²) in [6, 6.07) is 5.36. The van der Waals surface area contributed by atoms with Gasteiger partial charge in [-0.25, -0.2) is 4.99 Å². The summed E-state index contributed by atoms with van der Waals surface area (Å²) in [6.45, 7) is 4.06. The molecule has 0 bridgehead atoms. The molecule has 0 atom stereocenters. The van der Waals surface area contributed by atoms with Crippen molar-refractivity contribution in [3.8, 4) is 12.3 Å². The normalized spacial score (nSPS) is 11.3. The van der Waals surface area contributed by atoms with E-state index in [1.165, 1.54) is 18.5 Å². The summed E-state index contributed by atoms with van der Waals surface area (Å²) in [6.07, 6.45) is 12.4. The molecule has 6 nitrogen and oxygen atoms in total. The Balaban J connectivity index is 3.17. The van der Waals surface area contributed by atoms with Gasteiger partial charge in [-0.3, -0.25) is 4.79 Å². The summed E-state index contributed by atoms with van der Waals surface area (Å²) in [5, 5.41) is 9.03. The van der Waals surface area contributed by atoms with Crippen LogP contribution in [0.25, 0.3) is 0 Å². The van der Waals surface area contributed by atoms with Crippen molar-refractivity contribution in [3.63, 3.8) is 0 Å². The molecule has 0 aliphatic carbocycles. The van der Waals surface area contributed by atoms with Gasteiger partial charge >= 0.3 is 0 Å². The molecule has 0 aliphatic heterocycles. The Labute approximate surface area is 149 Å². The summed E-state index contributed by atoms with van der Waals surface area (Å²) in [7, 11) is 1.52. The maximum atomic E-state index is 12.5. The number of carbonyl (C=O) groups excluding carboxylic acids is 1. The van der Waals surface area contributed by atoms with Gasteiger partial charge in [-0.15, -0.1) is 6.42 Å². The van der Waals surface area contributed by atoms with E-state index in [4.69, 9.17) is 11.2 Å². The predicted octanol–water partition coefficient (Wildman–Crippen LogP) is 4.27. The molecule has 132 valence electrons. The van der Waals surface area contributed by atoms with E-state index in [0.29, 0.717) is 23.2 Å². The van der Waals surface area contributed by atoms with E-state index in [-0.39, 0.29) is 12.5 Å². The Morgan fingerprint density at radius 3 is 2.88 bits per heavy atom. The average molecular weight is 340 g/mol. The number of nitrogens with zero attached hydrogens (tertiary/aromatic N) is 4. The molecule has 0 saturated carbocycles. The van der Waals surface area contributed by atoms with Crippen LogP contribution >= 0.6 is 0 Å². The van der Waals surface area contributed by atoms with E-state index >= 15 is 0 Å². The van der Waals surface area contributed by atoms with Crippen molar-refractivity contribution in [2.75, 3.05) is 12.1 Å². The molecule has 0 aromatic heterocycles. The molecule has 6 heteroatoms. The highest BCUT2D eigenvalue weighted by Gasteiger charge is 2.20. The largest absolute Gasteiger partial charge is 0.478 e. The molecule has 0 unspecified atom stereocenters. The van der Waals surface area contributed by atoms with Crippen LogP contribution < -0.4 is 5.01 Å². The van der Waals surface area contributed by atoms with Crippen LogP contribution in [-0.4, -0.2) is 19.4 Å². The fourth-order valence-electron chi connectivity index (χ4n) is 2.10. The molecule has 1 aromatic rings. The zero-order chi connectivity index (χ0) is 18.5. The summed E-state index contributed by atoms with van der Waals surface area (Å²) < 4.78 is 5.45. The maximum Gasteiger partial charge on any atom is 0.248 e. The highest BCUT2D eigenvalue weighted by Crippen LogP contribution is 2.26. The van der Waals surface area contributed by atoms with Gasteiger partial charge in [0.05, 0.1) is 12.7 Å². The molecule has 1 rings (SSSR count). The minimum atomic E-state index is -0.134. The van der Waals surface area contributed by atoms with Gasteiger partial charge in [0.2, 0.25) is 5.91 Å². The van der Waals surface area contributed by atoms with E-state index in [1.807, 2.05) is 13.8 Å². The molecular formula is C19H24N4O2. The van der Waals surface area contributed by atoms with Gasteiger partial charge in [0.1, 0.15) is 6.61 Å². The number of amides is 1. The maximum absolute atomic E-state index is 12.5. The number of hydrogen-bond donors (Lipinski definition) is 0. The molecule has 0 spiro atoms. The third kappa shape index (κ3) is 6.22. The number of ether oxygens (including phenoxy) is 1. The van der Waals surface area contributed by atoms with Crippen molar-refractivity contribution in [1.29, 1.82) is 0 Å². The lowest BCUT2D eigenvalue weighted by atomic mass is 10.1. The second-order valence-electron chi connectivity index (χ2n) is 5.09. The standard InChI is InChI=1S/C19H24N4O2/c1-5-8-12-19(24)23(22-20-4)18-11-9-10-16(7-3)17(18)14-25-15-21-13-6-2/h3,6,9-11,13,15H,5,8,12,14H2,1-2,4H3/b13-6-,21-15+,22-20-. The molecule has 25 heavy (non-hydrogen) atoms. The lowest BCUT2D eigenvalue weighted by molar-refractivity contribution is -0.118. The van der Waals surface area contributed by atoms with Crippen molar-refractivity contribution >= 4 is 18.0 Å². The molecule has 0 saturated heterocycles. The number of carbonyl (C=O) groups is 1. The Morgan fingerprint density at radius 1 is 1.44 bits per heavy atom. The third-order valence-corrected chi connectivity index (χ3v) is 3.29. The first-order chi connectivity index (χ1) is 12.2. The smallest absolute Gasteiger partial charge is 0.248 e. The first-order valence-electron chi connectivity index (χ1n) is 8.15. The van der Waals surface area contributed by atoms with Gasteiger partial charge in [-0.1, -0.05) is 36.6 Å². The van der Waals surface area contributed by atoms with Crippen LogP contribution in [0.5, 0.6) is 0 Å². The van der Waals surface area contributed by atoms with E-state index in [1.54, 1.807) is 30.5 Å². The van der Waals surface area contributed by atoms with E-state index in [9.17, 15) is 4.79 Å². The lowest BCUT2D eigenvalue weighted by Gasteiger charge is -2.20. The monoisotopic (exact) mass is 340 g/mol. The fraction of sp³-hybridized carbons (Fsp3) is 0.368. The predicted molar refractivity (Wildman–Crippen MR) is 100 cm³/mol. The number of rotatable bonds is 9. The topological polar surface area (TPSA) is 66.6 Å². The van der Waals surface area contributed by atoms with Gasteiger partial charge in [-0.2, -0.15) is 10.1 Å². The number of benzene rings is 1. The zero-order valence-electron chi connectivity index (χ0n) is 15.0. The van der Waals surface area contributed by atoms with Crippen LogP contribution in [0, 0.1) is 12.3 Å².